The van der Waals surface area contributed by atoms with Gasteiger partial charge in [0.1, 0.15) is 5.78 Å². The van der Waals surface area contributed by atoms with Crippen molar-refractivity contribution in [3.05, 3.63) is 0 Å². The van der Waals surface area contributed by atoms with E-state index in [1.54, 1.807) is 0 Å². The van der Waals surface area contributed by atoms with Crippen LogP contribution in [0, 0.1) is 34.5 Å². The second-order valence-electron chi connectivity index (χ2n) is 9.00. The van der Waals surface area contributed by atoms with E-state index in [4.69, 9.17) is 0 Å². The topological polar surface area (TPSA) is 37.3 Å². The molecule has 0 amide bonds. The Morgan fingerprint density at radius 1 is 1.00 bits per heavy atom. The van der Waals surface area contributed by atoms with Gasteiger partial charge in [-0.1, -0.05) is 13.8 Å². The van der Waals surface area contributed by atoms with Gasteiger partial charge in [-0.2, -0.15) is 0 Å². The summed E-state index contributed by atoms with van der Waals surface area (Å²) in [4.78, 5) is 12.4. The molecule has 0 aromatic carbocycles. The standard InChI is InChI=1S/C19H30O2/c1-18-9-7-13(20)11-12(18)3-4-14-15-5-6-17(21)19(15,2)10-8-16(14)18/h12-16,20H,3-11H2,1-2H3/t12-,13?,14+,15?,16?,18+,19+/m1/s1. The van der Waals surface area contributed by atoms with Crippen LogP contribution in [0.5, 0.6) is 0 Å². The van der Waals surface area contributed by atoms with Crippen molar-refractivity contribution in [3.63, 3.8) is 0 Å². The van der Waals surface area contributed by atoms with Gasteiger partial charge in [0, 0.05) is 11.8 Å². The number of rotatable bonds is 0. The molecule has 0 spiro atoms. The molecule has 4 aliphatic carbocycles. The predicted molar refractivity (Wildman–Crippen MR) is 82.7 cm³/mol. The second kappa shape index (κ2) is 4.57. The fraction of sp³-hybridized carbons (Fsp3) is 0.947. The van der Waals surface area contributed by atoms with E-state index in [9.17, 15) is 9.90 Å². The van der Waals surface area contributed by atoms with Crippen LogP contribution in [0.4, 0.5) is 0 Å². The summed E-state index contributed by atoms with van der Waals surface area (Å²) in [6.07, 6.45) is 10.1. The number of fused-ring (bicyclic) bond motifs is 5. The summed E-state index contributed by atoms with van der Waals surface area (Å²) in [5, 5.41) is 10.0. The van der Waals surface area contributed by atoms with Crippen LogP contribution >= 0.6 is 0 Å². The van der Waals surface area contributed by atoms with Gasteiger partial charge in [-0.3, -0.25) is 4.79 Å². The largest absolute Gasteiger partial charge is 0.393 e. The Morgan fingerprint density at radius 3 is 2.62 bits per heavy atom. The van der Waals surface area contributed by atoms with Gasteiger partial charge in [0.15, 0.2) is 0 Å². The van der Waals surface area contributed by atoms with E-state index < -0.39 is 0 Å². The lowest BCUT2D eigenvalue weighted by atomic mass is 9.45. The van der Waals surface area contributed by atoms with E-state index >= 15 is 0 Å². The summed E-state index contributed by atoms with van der Waals surface area (Å²) in [6, 6.07) is 0. The summed E-state index contributed by atoms with van der Waals surface area (Å²) in [5.74, 6) is 3.54. The van der Waals surface area contributed by atoms with E-state index in [2.05, 4.69) is 13.8 Å². The van der Waals surface area contributed by atoms with Crippen LogP contribution in [0.2, 0.25) is 0 Å². The van der Waals surface area contributed by atoms with Gasteiger partial charge < -0.3 is 5.11 Å². The molecule has 0 saturated heterocycles. The monoisotopic (exact) mass is 290 g/mol. The average Bonchev–Trinajstić information content (AvgIpc) is 2.76. The Balaban J connectivity index is 1.64. The van der Waals surface area contributed by atoms with Gasteiger partial charge in [0.05, 0.1) is 6.10 Å². The Labute approximate surface area is 128 Å². The van der Waals surface area contributed by atoms with Crippen LogP contribution in [0.15, 0.2) is 0 Å². The number of carbonyl (C=O) groups excluding carboxylic acids is 1. The summed E-state index contributed by atoms with van der Waals surface area (Å²) in [6.45, 7) is 4.78. The molecule has 0 radical (unpaired) electrons. The van der Waals surface area contributed by atoms with Crippen LogP contribution in [0.3, 0.4) is 0 Å². The highest BCUT2D eigenvalue weighted by molar-refractivity contribution is 5.87. The van der Waals surface area contributed by atoms with Gasteiger partial charge in [-0.05, 0) is 80.5 Å². The minimum atomic E-state index is -0.0541. The molecule has 2 nitrogen and oxygen atoms in total. The highest BCUT2D eigenvalue weighted by Crippen LogP contribution is 2.65. The lowest BCUT2D eigenvalue weighted by molar-refractivity contribution is -0.142. The fourth-order valence-corrected chi connectivity index (χ4v) is 7.01. The molecule has 4 rings (SSSR count). The Morgan fingerprint density at radius 2 is 1.81 bits per heavy atom. The van der Waals surface area contributed by atoms with Crippen molar-refractivity contribution in [1.29, 1.82) is 0 Å². The molecule has 0 aromatic rings. The summed E-state index contributed by atoms with van der Waals surface area (Å²) in [7, 11) is 0. The molecule has 2 heteroatoms. The first kappa shape index (κ1) is 14.2. The van der Waals surface area contributed by atoms with Crippen LogP contribution < -0.4 is 0 Å². The van der Waals surface area contributed by atoms with Gasteiger partial charge in [-0.25, -0.2) is 0 Å². The summed E-state index contributed by atoms with van der Waals surface area (Å²) >= 11 is 0. The van der Waals surface area contributed by atoms with Crippen molar-refractivity contribution >= 4 is 5.78 Å². The van der Waals surface area contributed by atoms with Crippen molar-refractivity contribution in [1.82, 2.24) is 0 Å². The molecular weight excluding hydrogens is 260 g/mol. The van der Waals surface area contributed by atoms with Crippen molar-refractivity contribution < 1.29 is 9.90 Å². The van der Waals surface area contributed by atoms with Crippen LogP contribution in [-0.4, -0.2) is 17.0 Å². The zero-order valence-corrected chi connectivity index (χ0v) is 13.6. The molecular formula is C19H30O2. The van der Waals surface area contributed by atoms with Crippen LogP contribution in [0.25, 0.3) is 0 Å². The molecule has 7 atom stereocenters. The number of carbonyl (C=O) groups is 1. The summed E-state index contributed by atoms with van der Waals surface area (Å²) in [5.41, 5.74) is 0.452. The molecule has 3 unspecified atom stereocenters. The van der Waals surface area contributed by atoms with Crippen molar-refractivity contribution in [2.24, 2.45) is 34.5 Å². The number of aliphatic hydroxyl groups excluding tert-OH is 1. The molecule has 1 N–H and O–H groups in total. The average molecular weight is 290 g/mol. The van der Waals surface area contributed by atoms with E-state index in [1.807, 2.05) is 0 Å². The maximum absolute atomic E-state index is 12.4. The smallest absolute Gasteiger partial charge is 0.139 e. The quantitative estimate of drug-likeness (QED) is 0.733. The predicted octanol–water partition coefficient (Wildman–Crippen LogP) is 3.96. The highest BCUT2D eigenvalue weighted by atomic mass is 16.3. The second-order valence-corrected chi connectivity index (χ2v) is 9.00. The first-order valence-electron chi connectivity index (χ1n) is 9.16. The third-order valence-corrected chi connectivity index (χ3v) is 8.35. The molecule has 4 aliphatic rings. The molecule has 0 aliphatic heterocycles. The molecule has 4 fully saturated rings. The zero-order valence-electron chi connectivity index (χ0n) is 13.6. The van der Waals surface area contributed by atoms with Gasteiger partial charge in [0.25, 0.3) is 0 Å². The van der Waals surface area contributed by atoms with Crippen molar-refractivity contribution in [2.75, 3.05) is 0 Å². The van der Waals surface area contributed by atoms with Crippen molar-refractivity contribution in [2.45, 2.75) is 77.7 Å². The number of Topliss-reactive ketones (excluding diaryl/α,β-unsaturated/α-hetero) is 1. The maximum Gasteiger partial charge on any atom is 0.139 e. The van der Waals surface area contributed by atoms with Gasteiger partial charge in [0.2, 0.25) is 0 Å². The van der Waals surface area contributed by atoms with Crippen LogP contribution in [0.1, 0.15) is 71.6 Å². The Hall–Kier alpha value is -0.370. The Kier molecular flexibility index (Phi) is 3.10. The molecule has 118 valence electrons. The SMILES string of the molecule is C[C@]12CCC3[C@@H](CC[C@@H]4CC(O)CC[C@]34C)C1CCC2=O. The fourth-order valence-electron chi connectivity index (χ4n) is 7.01. The lowest BCUT2D eigenvalue weighted by Crippen LogP contribution is -2.54. The van der Waals surface area contributed by atoms with E-state index in [1.165, 1.54) is 25.7 Å². The first-order chi connectivity index (χ1) is 9.95. The number of hydrogen-bond donors (Lipinski definition) is 1. The lowest BCUT2D eigenvalue weighted by Gasteiger charge is -2.60. The first-order valence-corrected chi connectivity index (χ1v) is 9.16. The number of ketones is 1. The van der Waals surface area contributed by atoms with Gasteiger partial charge in [-0.15, -0.1) is 0 Å². The molecule has 0 heterocycles. The van der Waals surface area contributed by atoms with E-state index in [0.29, 0.717) is 17.1 Å². The maximum atomic E-state index is 12.4. The zero-order chi connectivity index (χ0) is 14.8. The highest BCUT2D eigenvalue weighted by Gasteiger charge is 2.60. The number of hydrogen-bond acceptors (Lipinski definition) is 2. The molecule has 4 saturated carbocycles. The number of aliphatic hydroxyl groups is 1. The van der Waals surface area contributed by atoms with Crippen LogP contribution in [-0.2, 0) is 4.79 Å². The molecule has 0 aromatic heterocycles. The third-order valence-electron chi connectivity index (χ3n) is 8.35. The third kappa shape index (κ3) is 1.84. The van der Waals surface area contributed by atoms with Gasteiger partial charge >= 0.3 is 0 Å². The normalized spacial score (nSPS) is 56.5. The van der Waals surface area contributed by atoms with Crippen molar-refractivity contribution in [3.8, 4) is 0 Å². The molecule has 21 heavy (non-hydrogen) atoms. The van der Waals surface area contributed by atoms with E-state index in [0.717, 1.165) is 49.9 Å². The summed E-state index contributed by atoms with van der Waals surface area (Å²) < 4.78 is 0. The minimum Gasteiger partial charge on any atom is -0.393 e. The minimum absolute atomic E-state index is 0.0124. The molecule has 0 bridgehead atoms. The van der Waals surface area contributed by atoms with E-state index in [-0.39, 0.29) is 11.5 Å². The Bertz CT molecular complexity index is 458.